The van der Waals surface area contributed by atoms with Crippen LogP contribution in [0.2, 0.25) is 0 Å². The molecule has 9 nitrogen and oxygen atoms in total. The average molecular weight is 505 g/mol. The van der Waals surface area contributed by atoms with Crippen LogP contribution in [0, 0.1) is 0 Å². The molecule has 10 heteroatoms. The predicted molar refractivity (Wildman–Crippen MR) is 118 cm³/mol. The number of amides is 1. The molecule has 3 heterocycles. The van der Waals surface area contributed by atoms with Crippen molar-refractivity contribution < 1.29 is 9.53 Å². The number of aliphatic imine (C=N–C) groups is 1. The van der Waals surface area contributed by atoms with Crippen LogP contribution in [0.25, 0.3) is 0 Å². The van der Waals surface area contributed by atoms with Crippen molar-refractivity contribution in [2.24, 2.45) is 4.99 Å². The molecule has 2 aliphatic heterocycles. The van der Waals surface area contributed by atoms with Gasteiger partial charge in [-0.15, -0.1) is 34.2 Å². The highest BCUT2D eigenvalue weighted by Crippen LogP contribution is 2.15. The number of piperazine rings is 1. The topological polar surface area (TPSA) is 87.9 Å². The second-order valence-electron chi connectivity index (χ2n) is 6.84. The van der Waals surface area contributed by atoms with E-state index in [1.165, 1.54) is 19.3 Å². The first-order valence-corrected chi connectivity index (χ1v) is 10.1. The summed E-state index contributed by atoms with van der Waals surface area (Å²) in [5.74, 6) is 2.89. The Morgan fingerprint density at radius 2 is 1.82 bits per heavy atom. The van der Waals surface area contributed by atoms with Gasteiger partial charge in [-0.3, -0.25) is 0 Å². The Bertz CT molecular complexity index is 656. The Labute approximate surface area is 183 Å². The van der Waals surface area contributed by atoms with Gasteiger partial charge in [0, 0.05) is 45.7 Å². The van der Waals surface area contributed by atoms with Gasteiger partial charge in [-0.05, 0) is 26.7 Å². The van der Waals surface area contributed by atoms with Crippen molar-refractivity contribution in [3.8, 4) is 0 Å². The molecule has 28 heavy (non-hydrogen) atoms. The van der Waals surface area contributed by atoms with E-state index in [4.69, 9.17) is 9.73 Å². The lowest BCUT2D eigenvalue weighted by Gasteiger charge is -2.35. The minimum absolute atomic E-state index is 0. The lowest BCUT2D eigenvalue weighted by atomic mass is 10.2. The van der Waals surface area contributed by atoms with Gasteiger partial charge < -0.3 is 24.4 Å². The summed E-state index contributed by atoms with van der Waals surface area (Å²) in [7, 11) is 0. The number of rotatable bonds is 4. The average Bonchev–Trinajstić information content (AvgIpc) is 2.91. The van der Waals surface area contributed by atoms with Crippen LogP contribution < -0.4 is 5.32 Å². The molecule has 1 aromatic heterocycles. The molecule has 0 bridgehead atoms. The first-order chi connectivity index (χ1) is 13.2. The molecule has 1 N–H and O–H groups in total. The van der Waals surface area contributed by atoms with E-state index in [1.807, 2.05) is 6.92 Å². The number of hydrogen-bond donors (Lipinski definition) is 1. The second-order valence-corrected chi connectivity index (χ2v) is 6.84. The van der Waals surface area contributed by atoms with Gasteiger partial charge in [0.15, 0.2) is 11.8 Å². The summed E-state index contributed by atoms with van der Waals surface area (Å²) in [6.45, 7) is 9.37. The van der Waals surface area contributed by atoms with Gasteiger partial charge in [0.1, 0.15) is 12.4 Å². The number of nitrogens with one attached hydrogen (secondary N) is 1. The molecule has 0 radical (unpaired) electrons. The van der Waals surface area contributed by atoms with Gasteiger partial charge >= 0.3 is 6.09 Å². The summed E-state index contributed by atoms with van der Waals surface area (Å²) in [5.41, 5.74) is 0. The number of hydrogen-bond acceptors (Lipinski definition) is 5. The number of fused-ring (bicyclic) bond motifs is 1. The fraction of sp³-hybridized carbons (Fsp3) is 0.778. The third kappa shape index (κ3) is 5.71. The van der Waals surface area contributed by atoms with Crippen LogP contribution in [0.15, 0.2) is 4.99 Å². The minimum atomic E-state index is -0.231. The molecule has 1 fully saturated rings. The molecule has 0 aromatic carbocycles. The van der Waals surface area contributed by atoms with Gasteiger partial charge in [-0.1, -0.05) is 6.42 Å². The molecule has 0 unspecified atom stereocenters. The first kappa shape index (κ1) is 22.7. The Morgan fingerprint density at radius 3 is 2.54 bits per heavy atom. The third-order valence-electron chi connectivity index (χ3n) is 5.00. The van der Waals surface area contributed by atoms with Crippen molar-refractivity contribution in [2.45, 2.75) is 52.6 Å². The van der Waals surface area contributed by atoms with Crippen molar-refractivity contribution >= 4 is 36.0 Å². The summed E-state index contributed by atoms with van der Waals surface area (Å²) in [6, 6.07) is 0. The maximum Gasteiger partial charge on any atom is 0.409 e. The molecule has 0 saturated carbocycles. The third-order valence-corrected chi connectivity index (χ3v) is 5.00. The van der Waals surface area contributed by atoms with Gasteiger partial charge in [0.25, 0.3) is 0 Å². The number of ether oxygens (including phenoxy) is 1. The number of aryl methyl sites for hydroxylation is 1. The Kier molecular flexibility index (Phi) is 9.26. The van der Waals surface area contributed by atoms with Gasteiger partial charge in [0.2, 0.25) is 0 Å². The number of carbonyl (C=O) groups excluding carboxylic acids is 1. The largest absolute Gasteiger partial charge is 0.450 e. The Hall–Kier alpha value is -1.59. The van der Waals surface area contributed by atoms with E-state index in [1.54, 1.807) is 4.90 Å². The molecule has 1 amide bonds. The smallest absolute Gasteiger partial charge is 0.409 e. The van der Waals surface area contributed by atoms with Crippen molar-refractivity contribution in [2.75, 3.05) is 39.3 Å². The van der Waals surface area contributed by atoms with Crippen LogP contribution in [0.3, 0.4) is 0 Å². The maximum atomic E-state index is 11.9. The molecule has 0 spiro atoms. The Balaban J connectivity index is 0.00000280. The van der Waals surface area contributed by atoms with Crippen molar-refractivity contribution in [1.29, 1.82) is 0 Å². The van der Waals surface area contributed by atoms with Gasteiger partial charge in [-0.2, -0.15) is 0 Å². The van der Waals surface area contributed by atoms with Crippen LogP contribution in [0.1, 0.15) is 44.8 Å². The van der Waals surface area contributed by atoms with Gasteiger partial charge in [-0.25, -0.2) is 9.79 Å². The lowest BCUT2D eigenvalue weighted by Crippen LogP contribution is -2.53. The molecule has 3 rings (SSSR count). The summed E-state index contributed by atoms with van der Waals surface area (Å²) < 4.78 is 7.32. The summed E-state index contributed by atoms with van der Waals surface area (Å²) in [4.78, 5) is 20.6. The zero-order valence-electron chi connectivity index (χ0n) is 16.9. The molecule has 1 saturated heterocycles. The van der Waals surface area contributed by atoms with Crippen LogP contribution >= 0.6 is 24.0 Å². The first-order valence-electron chi connectivity index (χ1n) is 10.1. The quantitative estimate of drug-likeness (QED) is 0.382. The highest BCUT2D eigenvalue weighted by atomic mass is 127. The van der Waals surface area contributed by atoms with Gasteiger partial charge in [0.05, 0.1) is 6.61 Å². The van der Waals surface area contributed by atoms with Crippen molar-refractivity contribution in [3.63, 3.8) is 0 Å². The molecule has 1 aromatic rings. The van der Waals surface area contributed by atoms with E-state index < -0.39 is 0 Å². The monoisotopic (exact) mass is 505 g/mol. The van der Waals surface area contributed by atoms with E-state index in [2.05, 4.69) is 31.9 Å². The Morgan fingerprint density at radius 1 is 1.07 bits per heavy atom. The minimum Gasteiger partial charge on any atom is -0.450 e. The van der Waals surface area contributed by atoms with Crippen LogP contribution in [-0.4, -0.2) is 75.9 Å². The zero-order chi connectivity index (χ0) is 19.1. The molecular formula is C18H32IN7O2. The molecule has 2 aliphatic rings. The highest BCUT2D eigenvalue weighted by molar-refractivity contribution is 14.0. The fourth-order valence-corrected chi connectivity index (χ4v) is 3.55. The fourth-order valence-electron chi connectivity index (χ4n) is 3.55. The van der Waals surface area contributed by atoms with E-state index >= 15 is 0 Å². The SMILES string of the molecule is CCNC(=NCc1nnc2n1CCCCC2)N1CCN(C(=O)OCC)CC1.I. The normalized spacial score (nSPS) is 17.4. The number of guanidine groups is 1. The second kappa shape index (κ2) is 11.4. The van der Waals surface area contributed by atoms with E-state index in [9.17, 15) is 4.79 Å². The maximum absolute atomic E-state index is 11.9. The molecule has 0 aliphatic carbocycles. The molecule has 0 atom stereocenters. The van der Waals surface area contributed by atoms with Crippen LogP contribution in [0.5, 0.6) is 0 Å². The zero-order valence-corrected chi connectivity index (χ0v) is 19.2. The summed E-state index contributed by atoms with van der Waals surface area (Å²) in [5, 5.41) is 12.1. The van der Waals surface area contributed by atoms with Crippen LogP contribution in [0.4, 0.5) is 4.79 Å². The number of carbonyl (C=O) groups is 1. The summed E-state index contributed by atoms with van der Waals surface area (Å²) in [6.07, 6.45) is 4.39. The van der Waals surface area contributed by atoms with E-state index in [-0.39, 0.29) is 30.1 Å². The van der Waals surface area contributed by atoms with Crippen molar-refractivity contribution in [3.05, 3.63) is 11.6 Å². The molecular weight excluding hydrogens is 473 g/mol. The predicted octanol–water partition coefficient (Wildman–Crippen LogP) is 1.86. The number of aromatic nitrogens is 3. The summed E-state index contributed by atoms with van der Waals surface area (Å²) >= 11 is 0. The molecule has 158 valence electrons. The standard InChI is InChI=1S/C18H31N7O2.HI/c1-3-19-17(23-10-12-24(13-11-23)18(26)27-4-2)20-14-16-22-21-15-8-6-5-7-9-25(15)16;/h3-14H2,1-2H3,(H,19,20);1H. The lowest BCUT2D eigenvalue weighted by molar-refractivity contribution is 0.0914. The number of halogens is 1. The number of nitrogens with zero attached hydrogens (tertiary/aromatic N) is 6. The van der Waals surface area contributed by atoms with E-state index in [0.717, 1.165) is 50.2 Å². The van der Waals surface area contributed by atoms with Crippen molar-refractivity contribution in [1.82, 2.24) is 29.9 Å². The van der Waals surface area contributed by atoms with Crippen LogP contribution in [-0.2, 0) is 24.2 Å². The van der Waals surface area contributed by atoms with E-state index in [0.29, 0.717) is 26.2 Å². The highest BCUT2D eigenvalue weighted by Gasteiger charge is 2.24.